The number of carbonyl (C=O) groups excluding carboxylic acids is 1. The second-order valence-corrected chi connectivity index (χ2v) is 7.59. The largest absolute Gasteiger partial charge is 0.329 e. The Balaban J connectivity index is 1.46. The van der Waals surface area contributed by atoms with Gasteiger partial charge >= 0.3 is 0 Å². The van der Waals surface area contributed by atoms with Gasteiger partial charge in [0.1, 0.15) is 5.82 Å². The van der Waals surface area contributed by atoms with Gasteiger partial charge in [-0.2, -0.15) is 0 Å². The van der Waals surface area contributed by atoms with Crippen molar-refractivity contribution in [3.63, 3.8) is 0 Å². The van der Waals surface area contributed by atoms with Gasteiger partial charge in [0.2, 0.25) is 0 Å². The summed E-state index contributed by atoms with van der Waals surface area (Å²) in [6, 6.07) is 20.0. The minimum atomic E-state index is -0.131. The molecular formula is C22H16N4OS. The SMILES string of the molecule is Cn1c(/N=C2\NC(=O)/C(=C\c3ccc4ncccc4c3)S2)cc2ccccc21. The molecule has 2 aromatic heterocycles. The van der Waals surface area contributed by atoms with E-state index in [1.54, 1.807) is 6.20 Å². The van der Waals surface area contributed by atoms with E-state index < -0.39 is 0 Å². The highest BCUT2D eigenvalue weighted by Gasteiger charge is 2.24. The van der Waals surface area contributed by atoms with Gasteiger partial charge in [0, 0.05) is 29.5 Å². The molecule has 2 aromatic carbocycles. The van der Waals surface area contributed by atoms with Crippen LogP contribution in [0.3, 0.4) is 0 Å². The van der Waals surface area contributed by atoms with Crippen molar-refractivity contribution in [2.75, 3.05) is 0 Å². The van der Waals surface area contributed by atoms with Gasteiger partial charge in [-0.15, -0.1) is 0 Å². The first kappa shape index (κ1) is 16.8. The second-order valence-electron chi connectivity index (χ2n) is 6.56. The molecule has 3 heterocycles. The zero-order valence-corrected chi connectivity index (χ0v) is 15.9. The van der Waals surface area contributed by atoms with Gasteiger partial charge in [0.05, 0.1) is 10.4 Å². The number of nitrogens with zero attached hydrogens (tertiary/aromatic N) is 3. The number of fused-ring (bicyclic) bond motifs is 2. The molecule has 1 aliphatic heterocycles. The molecule has 0 atom stereocenters. The van der Waals surface area contributed by atoms with Crippen LogP contribution in [0.25, 0.3) is 27.9 Å². The second kappa shape index (κ2) is 6.65. The number of pyridine rings is 1. The minimum Gasteiger partial charge on any atom is -0.329 e. The Morgan fingerprint density at radius 2 is 1.93 bits per heavy atom. The van der Waals surface area contributed by atoms with Gasteiger partial charge in [0.25, 0.3) is 5.91 Å². The molecule has 6 heteroatoms. The molecule has 0 saturated carbocycles. The smallest absolute Gasteiger partial charge is 0.264 e. The fraction of sp³-hybridized carbons (Fsp3) is 0.0455. The minimum absolute atomic E-state index is 0.131. The third-order valence-corrected chi connectivity index (χ3v) is 5.63. The topological polar surface area (TPSA) is 59.3 Å². The quantitative estimate of drug-likeness (QED) is 0.513. The van der Waals surface area contributed by atoms with E-state index in [4.69, 9.17) is 0 Å². The number of hydrogen-bond donors (Lipinski definition) is 1. The first-order valence-corrected chi connectivity index (χ1v) is 9.68. The highest BCUT2D eigenvalue weighted by molar-refractivity contribution is 8.18. The Hall–Kier alpha value is -3.38. The molecule has 1 amide bonds. The summed E-state index contributed by atoms with van der Waals surface area (Å²) in [5, 5.41) is 5.62. The van der Waals surface area contributed by atoms with E-state index in [-0.39, 0.29) is 5.91 Å². The van der Waals surface area contributed by atoms with E-state index in [1.165, 1.54) is 11.8 Å². The van der Waals surface area contributed by atoms with Gasteiger partial charge in [-0.25, -0.2) is 4.99 Å². The molecule has 28 heavy (non-hydrogen) atoms. The van der Waals surface area contributed by atoms with E-state index in [0.29, 0.717) is 10.1 Å². The van der Waals surface area contributed by atoms with Crippen molar-refractivity contribution in [3.8, 4) is 0 Å². The zero-order valence-electron chi connectivity index (χ0n) is 15.1. The average molecular weight is 384 g/mol. The molecule has 1 N–H and O–H groups in total. The van der Waals surface area contributed by atoms with E-state index in [9.17, 15) is 4.79 Å². The van der Waals surface area contributed by atoms with Crippen LogP contribution in [0.5, 0.6) is 0 Å². The highest BCUT2D eigenvalue weighted by Crippen LogP contribution is 2.30. The van der Waals surface area contributed by atoms with Crippen LogP contribution in [0.15, 0.2) is 76.8 Å². The number of aryl methyl sites for hydroxylation is 1. The van der Waals surface area contributed by atoms with Crippen LogP contribution in [-0.4, -0.2) is 20.6 Å². The molecule has 0 unspecified atom stereocenters. The van der Waals surface area contributed by atoms with Gasteiger partial charge < -0.3 is 9.88 Å². The summed E-state index contributed by atoms with van der Waals surface area (Å²) < 4.78 is 2.02. The molecule has 0 bridgehead atoms. The van der Waals surface area contributed by atoms with Crippen LogP contribution in [-0.2, 0) is 11.8 Å². The Labute approximate surface area is 165 Å². The third-order valence-electron chi connectivity index (χ3n) is 4.72. The number of carbonyl (C=O) groups is 1. The molecule has 1 saturated heterocycles. The highest BCUT2D eigenvalue weighted by atomic mass is 32.2. The number of aromatic nitrogens is 2. The third kappa shape index (κ3) is 2.97. The van der Waals surface area contributed by atoms with Crippen molar-refractivity contribution in [1.82, 2.24) is 14.9 Å². The first-order chi connectivity index (χ1) is 13.7. The monoisotopic (exact) mass is 384 g/mol. The summed E-state index contributed by atoms with van der Waals surface area (Å²) in [6.45, 7) is 0. The standard InChI is InChI=1S/C22H16N4OS/c1-26-18-7-3-2-5-16(18)13-20(26)24-22-25-21(27)19(28-22)12-14-8-9-17-15(11-14)6-4-10-23-17/h2-13H,1H3,(H,24,25,27)/b19-12+. The summed E-state index contributed by atoms with van der Waals surface area (Å²) in [5.74, 6) is 0.677. The summed E-state index contributed by atoms with van der Waals surface area (Å²) in [5.41, 5.74) is 3.01. The van der Waals surface area contributed by atoms with E-state index in [0.717, 1.165) is 33.2 Å². The predicted octanol–water partition coefficient (Wildman–Crippen LogP) is 4.62. The fourth-order valence-corrected chi connectivity index (χ4v) is 4.13. The molecule has 136 valence electrons. The zero-order chi connectivity index (χ0) is 19.1. The molecule has 0 aliphatic carbocycles. The van der Waals surface area contributed by atoms with Gasteiger partial charge in [-0.1, -0.05) is 30.3 Å². The Bertz CT molecular complexity index is 1300. The number of aliphatic imine (C=N–C) groups is 1. The molecule has 1 fully saturated rings. The molecule has 1 aliphatic rings. The van der Waals surface area contributed by atoms with Crippen LogP contribution < -0.4 is 5.32 Å². The Kier molecular flexibility index (Phi) is 3.98. The van der Waals surface area contributed by atoms with Crippen LogP contribution in [0.4, 0.5) is 5.82 Å². The van der Waals surface area contributed by atoms with Crippen LogP contribution >= 0.6 is 11.8 Å². The number of amides is 1. The number of amidine groups is 1. The predicted molar refractivity (Wildman–Crippen MR) is 115 cm³/mol. The van der Waals surface area contributed by atoms with Crippen LogP contribution in [0, 0.1) is 0 Å². The Morgan fingerprint density at radius 3 is 2.82 bits per heavy atom. The van der Waals surface area contributed by atoms with Crippen molar-refractivity contribution in [3.05, 3.63) is 77.3 Å². The molecule has 0 radical (unpaired) electrons. The normalized spacial score (nSPS) is 17.1. The molecule has 5 nitrogen and oxygen atoms in total. The fourth-order valence-electron chi connectivity index (χ4n) is 3.30. The maximum absolute atomic E-state index is 12.4. The van der Waals surface area contributed by atoms with Gasteiger partial charge in [-0.3, -0.25) is 9.78 Å². The van der Waals surface area contributed by atoms with E-state index in [2.05, 4.69) is 27.4 Å². The molecule has 4 aromatic rings. The summed E-state index contributed by atoms with van der Waals surface area (Å²) in [7, 11) is 1.98. The number of nitrogens with one attached hydrogen (secondary N) is 1. The lowest BCUT2D eigenvalue weighted by atomic mass is 10.1. The summed E-state index contributed by atoms with van der Waals surface area (Å²) in [4.78, 5) is 22.0. The Morgan fingerprint density at radius 1 is 1.07 bits per heavy atom. The van der Waals surface area contributed by atoms with Crippen molar-refractivity contribution in [2.45, 2.75) is 0 Å². The molecule has 5 rings (SSSR count). The number of hydrogen-bond acceptors (Lipinski definition) is 4. The van der Waals surface area contributed by atoms with Crippen LogP contribution in [0.1, 0.15) is 5.56 Å². The lowest BCUT2D eigenvalue weighted by molar-refractivity contribution is -0.115. The van der Waals surface area contributed by atoms with Gasteiger partial charge in [-0.05, 0) is 53.7 Å². The molecule has 0 spiro atoms. The van der Waals surface area contributed by atoms with E-state index in [1.807, 2.05) is 66.2 Å². The maximum Gasteiger partial charge on any atom is 0.264 e. The lowest BCUT2D eigenvalue weighted by Gasteiger charge is -2.00. The molecular weight excluding hydrogens is 368 g/mol. The van der Waals surface area contributed by atoms with Crippen molar-refractivity contribution in [2.24, 2.45) is 12.0 Å². The average Bonchev–Trinajstić information content (AvgIpc) is 3.21. The number of benzene rings is 2. The summed E-state index contributed by atoms with van der Waals surface area (Å²) >= 11 is 1.35. The summed E-state index contributed by atoms with van der Waals surface area (Å²) in [6.07, 6.45) is 3.66. The van der Waals surface area contributed by atoms with E-state index >= 15 is 0 Å². The first-order valence-electron chi connectivity index (χ1n) is 8.86. The number of rotatable bonds is 2. The maximum atomic E-state index is 12.4. The number of thioether (sulfide) groups is 1. The number of para-hydroxylation sites is 1. The van der Waals surface area contributed by atoms with Gasteiger partial charge in [0.15, 0.2) is 5.17 Å². The van der Waals surface area contributed by atoms with Crippen molar-refractivity contribution < 1.29 is 4.79 Å². The van der Waals surface area contributed by atoms with Crippen molar-refractivity contribution >= 4 is 56.5 Å². The lowest BCUT2D eigenvalue weighted by Crippen LogP contribution is -2.19. The van der Waals surface area contributed by atoms with Crippen molar-refractivity contribution in [1.29, 1.82) is 0 Å². The van der Waals surface area contributed by atoms with Crippen LogP contribution in [0.2, 0.25) is 0 Å².